The molecule has 0 saturated heterocycles. The Balaban J connectivity index is 1.92. The van der Waals surface area contributed by atoms with Crippen molar-refractivity contribution >= 4 is 10.9 Å². The van der Waals surface area contributed by atoms with Crippen LogP contribution >= 0.6 is 0 Å². The van der Waals surface area contributed by atoms with E-state index in [1.807, 2.05) is 48.5 Å². The van der Waals surface area contributed by atoms with Crippen LogP contribution in [0.1, 0.15) is 18.7 Å². The number of para-hydroxylation sites is 1. The maximum absolute atomic E-state index is 11.8. The van der Waals surface area contributed by atoms with E-state index < -0.39 is 11.5 Å². The van der Waals surface area contributed by atoms with Gasteiger partial charge in [0.05, 0.1) is 29.2 Å². The average Bonchev–Trinajstić information content (AvgIpc) is 2.69. The SMILES string of the molecule is CC(O)c1cc(=O)c(O)cn1-c1cccc(-c2ncnc3ccccc23)c1. The highest BCUT2D eigenvalue weighted by Crippen LogP contribution is 2.28. The van der Waals surface area contributed by atoms with Gasteiger partial charge in [0.15, 0.2) is 5.75 Å². The third-order valence-electron chi connectivity index (χ3n) is 4.43. The first-order valence-electron chi connectivity index (χ1n) is 8.49. The van der Waals surface area contributed by atoms with Gasteiger partial charge in [0.1, 0.15) is 6.33 Å². The maximum atomic E-state index is 11.8. The Labute approximate surface area is 155 Å². The lowest BCUT2D eigenvalue weighted by Gasteiger charge is -2.17. The number of rotatable bonds is 3. The van der Waals surface area contributed by atoms with E-state index in [9.17, 15) is 15.0 Å². The topological polar surface area (TPSA) is 88.2 Å². The van der Waals surface area contributed by atoms with Crippen molar-refractivity contribution in [3.05, 3.63) is 83.0 Å². The van der Waals surface area contributed by atoms with Crippen molar-refractivity contribution in [2.75, 3.05) is 0 Å². The van der Waals surface area contributed by atoms with Crippen LogP contribution in [0.25, 0.3) is 27.8 Å². The number of benzene rings is 2. The summed E-state index contributed by atoms with van der Waals surface area (Å²) in [6.45, 7) is 1.57. The fraction of sp³-hybridized carbons (Fsp3) is 0.0952. The molecule has 6 heteroatoms. The molecule has 0 spiro atoms. The van der Waals surface area contributed by atoms with Crippen molar-refractivity contribution < 1.29 is 10.2 Å². The number of aliphatic hydroxyl groups excluding tert-OH is 1. The van der Waals surface area contributed by atoms with Crippen LogP contribution in [0.5, 0.6) is 5.75 Å². The Morgan fingerprint density at radius 3 is 2.67 bits per heavy atom. The maximum Gasteiger partial charge on any atom is 0.223 e. The first kappa shape index (κ1) is 16.9. The lowest BCUT2D eigenvalue weighted by Crippen LogP contribution is -2.13. The molecule has 2 N–H and O–H groups in total. The van der Waals surface area contributed by atoms with Gasteiger partial charge in [-0.05, 0) is 25.1 Å². The normalized spacial score (nSPS) is 12.2. The minimum Gasteiger partial charge on any atom is -0.503 e. The number of aliphatic hydroxyl groups is 1. The molecule has 0 amide bonds. The molecule has 0 radical (unpaired) electrons. The van der Waals surface area contributed by atoms with Gasteiger partial charge < -0.3 is 14.8 Å². The monoisotopic (exact) mass is 359 g/mol. The zero-order chi connectivity index (χ0) is 19.0. The van der Waals surface area contributed by atoms with E-state index in [0.29, 0.717) is 11.4 Å². The molecule has 0 aliphatic rings. The number of fused-ring (bicyclic) bond motifs is 1. The molecule has 134 valence electrons. The van der Waals surface area contributed by atoms with Gasteiger partial charge >= 0.3 is 0 Å². The molecule has 2 aromatic heterocycles. The standard InChI is InChI=1S/C21H17N3O3/c1-13(25)18-10-19(26)20(27)11-24(18)15-6-4-5-14(9-15)21-16-7-2-3-8-17(16)22-12-23-21/h2-13,25,27H,1H3. The van der Waals surface area contributed by atoms with E-state index in [4.69, 9.17) is 0 Å². The van der Waals surface area contributed by atoms with Gasteiger partial charge in [-0.25, -0.2) is 9.97 Å². The fourth-order valence-corrected chi connectivity index (χ4v) is 3.12. The Hall–Kier alpha value is -3.51. The first-order valence-corrected chi connectivity index (χ1v) is 8.49. The lowest BCUT2D eigenvalue weighted by molar-refractivity contribution is 0.191. The van der Waals surface area contributed by atoms with E-state index in [2.05, 4.69) is 9.97 Å². The van der Waals surface area contributed by atoms with E-state index in [-0.39, 0.29) is 5.75 Å². The van der Waals surface area contributed by atoms with Crippen LogP contribution in [0.2, 0.25) is 0 Å². The highest BCUT2D eigenvalue weighted by atomic mass is 16.3. The molecule has 1 unspecified atom stereocenters. The Morgan fingerprint density at radius 1 is 1.04 bits per heavy atom. The van der Waals surface area contributed by atoms with Crippen molar-refractivity contribution in [2.45, 2.75) is 13.0 Å². The number of hydrogen-bond donors (Lipinski definition) is 2. The molecule has 2 heterocycles. The average molecular weight is 359 g/mol. The third-order valence-corrected chi connectivity index (χ3v) is 4.43. The van der Waals surface area contributed by atoms with Crippen LogP contribution in [-0.2, 0) is 0 Å². The van der Waals surface area contributed by atoms with Crippen molar-refractivity contribution in [3.8, 4) is 22.7 Å². The van der Waals surface area contributed by atoms with Crippen LogP contribution in [0.4, 0.5) is 0 Å². The summed E-state index contributed by atoms with van der Waals surface area (Å²) in [6, 6.07) is 16.5. The van der Waals surface area contributed by atoms with Gasteiger partial charge in [-0.1, -0.05) is 30.3 Å². The molecule has 0 bridgehead atoms. The largest absolute Gasteiger partial charge is 0.503 e. The summed E-state index contributed by atoms with van der Waals surface area (Å²) >= 11 is 0. The highest BCUT2D eigenvalue weighted by molar-refractivity contribution is 5.92. The molecule has 2 aromatic carbocycles. The van der Waals surface area contributed by atoms with E-state index >= 15 is 0 Å². The summed E-state index contributed by atoms with van der Waals surface area (Å²) in [6.07, 6.45) is 1.97. The number of hydrogen-bond acceptors (Lipinski definition) is 5. The zero-order valence-electron chi connectivity index (χ0n) is 14.6. The number of aromatic nitrogens is 3. The van der Waals surface area contributed by atoms with Crippen LogP contribution < -0.4 is 5.43 Å². The summed E-state index contributed by atoms with van der Waals surface area (Å²) in [5.41, 5.74) is 3.05. The first-order chi connectivity index (χ1) is 13.0. The van der Waals surface area contributed by atoms with Gasteiger partial charge in [0.25, 0.3) is 0 Å². The number of pyridine rings is 1. The summed E-state index contributed by atoms with van der Waals surface area (Å²) in [4.78, 5) is 20.5. The van der Waals surface area contributed by atoms with Gasteiger partial charge in [-0.3, -0.25) is 4.79 Å². The van der Waals surface area contributed by atoms with Crippen LogP contribution in [0.3, 0.4) is 0 Å². The highest BCUT2D eigenvalue weighted by Gasteiger charge is 2.13. The summed E-state index contributed by atoms with van der Waals surface area (Å²) < 4.78 is 1.61. The van der Waals surface area contributed by atoms with Crippen molar-refractivity contribution in [1.82, 2.24) is 14.5 Å². The molecule has 4 rings (SSSR count). The van der Waals surface area contributed by atoms with Gasteiger partial charge in [-0.15, -0.1) is 0 Å². The summed E-state index contributed by atoms with van der Waals surface area (Å²) in [5, 5.41) is 20.8. The van der Waals surface area contributed by atoms with E-state index in [1.165, 1.54) is 18.6 Å². The Kier molecular flexibility index (Phi) is 4.18. The molecule has 6 nitrogen and oxygen atoms in total. The van der Waals surface area contributed by atoms with E-state index in [0.717, 1.165) is 22.2 Å². The van der Waals surface area contributed by atoms with Crippen molar-refractivity contribution in [1.29, 1.82) is 0 Å². The molecule has 1 atom stereocenters. The molecule has 0 aliphatic carbocycles. The zero-order valence-corrected chi connectivity index (χ0v) is 14.6. The van der Waals surface area contributed by atoms with Gasteiger partial charge in [0.2, 0.25) is 5.43 Å². The Bertz CT molecular complexity index is 1190. The van der Waals surface area contributed by atoms with Crippen LogP contribution in [0.15, 0.2) is 71.9 Å². The van der Waals surface area contributed by atoms with E-state index in [1.54, 1.807) is 11.5 Å². The minimum absolute atomic E-state index is 0.378. The van der Waals surface area contributed by atoms with Crippen molar-refractivity contribution in [2.24, 2.45) is 0 Å². The minimum atomic E-state index is -0.873. The Morgan fingerprint density at radius 2 is 1.85 bits per heavy atom. The predicted octanol–water partition coefficient (Wildman–Crippen LogP) is 3.21. The molecule has 0 fully saturated rings. The molecular weight excluding hydrogens is 342 g/mol. The van der Waals surface area contributed by atoms with Gasteiger partial charge in [0, 0.05) is 22.7 Å². The molecule has 27 heavy (non-hydrogen) atoms. The second-order valence-electron chi connectivity index (χ2n) is 6.28. The second kappa shape index (κ2) is 6.66. The predicted molar refractivity (Wildman–Crippen MR) is 103 cm³/mol. The summed E-state index contributed by atoms with van der Waals surface area (Å²) in [7, 11) is 0. The second-order valence-corrected chi connectivity index (χ2v) is 6.28. The smallest absolute Gasteiger partial charge is 0.223 e. The fourth-order valence-electron chi connectivity index (χ4n) is 3.12. The molecule has 0 aliphatic heterocycles. The van der Waals surface area contributed by atoms with Crippen molar-refractivity contribution in [3.63, 3.8) is 0 Å². The lowest BCUT2D eigenvalue weighted by atomic mass is 10.1. The van der Waals surface area contributed by atoms with Gasteiger partial charge in [-0.2, -0.15) is 0 Å². The quantitative estimate of drug-likeness (QED) is 0.586. The molecule has 4 aromatic rings. The summed E-state index contributed by atoms with van der Waals surface area (Å²) in [5.74, 6) is -0.378. The van der Waals surface area contributed by atoms with Crippen LogP contribution in [0, 0.1) is 0 Å². The number of nitrogens with zero attached hydrogens (tertiary/aromatic N) is 3. The van der Waals surface area contributed by atoms with Crippen LogP contribution in [-0.4, -0.2) is 24.7 Å². The molecule has 0 saturated carbocycles. The molecular formula is C21H17N3O3. The third kappa shape index (κ3) is 3.07. The number of aromatic hydroxyl groups is 1.